The van der Waals surface area contributed by atoms with Gasteiger partial charge in [-0.2, -0.15) is 5.10 Å². The topological polar surface area (TPSA) is 29.9 Å². The molecule has 1 aromatic carbocycles. The third-order valence-electron chi connectivity index (χ3n) is 3.52. The van der Waals surface area contributed by atoms with E-state index < -0.39 is 0 Å². The van der Waals surface area contributed by atoms with Crippen LogP contribution in [0.1, 0.15) is 17.7 Å². The van der Waals surface area contributed by atoms with Crippen LogP contribution < -0.4 is 5.32 Å². The Hall–Kier alpha value is -1.77. The summed E-state index contributed by atoms with van der Waals surface area (Å²) in [6.45, 7) is 0. The van der Waals surface area contributed by atoms with Crippen molar-refractivity contribution in [1.29, 1.82) is 0 Å². The van der Waals surface area contributed by atoms with Gasteiger partial charge in [-0.05, 0) is 30.5 Å². The van der Waals surface area contributed by atoms with Crippen molar-refractivity contribution < 1.29 is 0 Å². The average Bonchev–Trinajstić information content (AvgIpc) is 2.75. The van der Waals surface area contributed by atoms with Crippen LogP contribution in [0.3, 0.4) is 0 Å². The summed E-state index contributed by atoms with van der Waals surface area (Å²) < 4.78 is 1.96. The van der Waals surface area contributed by atoms with Gasteiger partial charge < -0.3 is 5.32 Å². The summed E-state index contributed by atoms with van der Waals surface area (Å²) in [6, 6.07) is 11.2. The predicted molar refractivity (Wildman–Crippen MR) is 69.1 cm³/mol. The molecule has 0 saturated carbocycles. The van der Waals surface area contributed by atoms with Gasteiger partial charge in [-0.1, -0.05) is 18.2 Å². The number of aryl methyl sites for hydroxylation is 2. The van der Waals surface area contributed by atoms with Crippen LogP contribution >= 0.6 is 0 Å². The number of aromatic nitrogens is 2. The van der Waals surface area contributed by atoms with E-state index in [-0.39, 0.29) is 0 Å². The Morgan fingerprint density at radius 2 is 2.24 bits per heavy atom. The predicted octanol–water partition coefficient (Wildman–Crippen LogP) is 2.39. The molecule has 1 aliphatic rings. The van der Waals surface area contributed by atoms with Crippen molar-refractivity contribution in [3.8, 4) is 0 Å². The lowest BCUT2D eigenvalue weighted by Crippen LogP contribution is -2.28. The molecule has 0 spiro atoms. The largest absolute Gasteiger partial charge is 0.382 e. The molecule has 1 unspecified atom stereocenters. The van der Waals surface area contributed by atoms with E-state index in [2.05, 4.69) is 40.7 Å². The van der Waals surface area contributed by atoms with Crippen LogP contribution in [0.2, 0.25) is 0 Å². The highest BCUT2D eigenvalue weighted by molar-refractivity contribution is 5.53. The molecule has 1 aliphatic heterocycles. The maximum atomic E-state index is 4.22. The number of para-hydroxylation sites is 1. The third-order valence-corrected chi connectivity index (χ3v) is 3.52. The summed E-state index contributed by atoms with van der Waals surface area (Å²) in [5.41, 5.74) is 4.03. The Kier molecular flexibility index (Phi) is 2.59. The number of anilines is 1. The number of rotatable bonds is 2. The first-order valence-electron chi connectivity index (χ1n) is 6.14. The fourth-order valence-corrected chi connectivity index (χ4v) is 2.51. The number of nitrogens with zero attached hydrogens (tertiary/aromatic N) is 2. The van der Waals surface area contributed by atoms with Crippen molar-refractivity contribution in [3.05, 3.63) is 47.8 Å². The van der Waals surface area contributed by atoms with Gasteiger partial charge in [0.2, 0.25) is 0 Å². The monoisotopic (exact) mass is 227 g/mol. The highest BCUT2D eigenvalue weighted by Gasteiger charge is 2.18. The molecule has 1 aromatic heterocycles. The van der Waals surface area contributed by atoms with Crippen LogP contribution in [0.4, 0.5) is 5.69 Å². The zero-order valence-electron chi connectivity index (χ0n) is 10.1. The Morgan fingerprint density at radius 3 is 3.06 bits per heavy atom. The fraction of sp³-hybridized carbons (Fsp3) is 0.357. The Morgan fingerprint density at radius 1 is 1.35 bits per heavy atom. The molecule has 0 bridgehead atoms. The highest BCUT2D eigenvalue weighted by Crippen LogP contribution is 2.25. The average molecular weight is 227 g/mol. The third kappa shape index (κ3) is 2.05. The number of fused-ring (bicyclic) bond motifs is 1. The van der Waals surface area contributed by atoms with Gasteiger partial charge in [0.15, 0.2) is 0 Å². The maximum Gasteiger partial charge on any atom is 0.0492 e. The van der Waals surface area contributed by atoms with E-state index in [0.29, 0.717) is 6.04 Å². The Balaban J connectivity index is 1.74. The summed E-state index contributed by atoms with van der Waals surface area (Å²) >= 11 is 0. The molecule has 2 aromatic rings. The summed E-state index contributed by atoms with van der Waals surface area (Å²) in [6.07, 6.45) is 5.28. The second kappa shape index (κ2) is 4.24. The summed E-state index contributed by atoms with van der Waals surface area (Å²) in [5.74, 6) is 0. The molecule has 0 radical (unpaired) electrons. The summed E-state index contributed by atoms with van der Waals surface area (Å²) in [7, 11) is 2.01. The second-order valence-electron chi connectivity index (χ2n) is 4.69. The molecule has 0 amide bonds. The first-order chi connectivity index (χ1) is 8.33. The second-order valence-corrected chi connectivity index (χ2v) is 4.69. The van der Waals surface area contributed by atoms with E-state index in [0.717, 1.165) is 6.42 Å². The molecule has 1 atom stereocenters. The van der Waals surface area contributed by atoms with Gasteiger partial charge in [-0.25, -0.2) is 0 Å². The lowest BCUT2D eigenvalue weighted by molar-refractivity contribution is 0.593. The van der Waals surface area contributed by atoms with Crippen LogP contribution in [0.5, 0.6) is 0 Å². The van der Waals surface area contributed by atoms with Crippen LogP contribution in [0, 0.1) is 0 Å². The minimum absolute atomic E-state index is 0.528. The molecule has 88 valence electrons. The summed E-state index contributed by atoms with van der Waals surface area (Å²) in [4.78, 5) is 0. The SMILES string of the molecule is Cn1nccc1CC1CCc2ccccc2N1. The number of benzene rings is 1. The van der Waals surface area contributed by atoms with Crippen molar-refractivity contribution >= 4 is 5.69 Å². The number of nitrogens with one attached hydrogen (secondary N) is 1. The highest BCUT2D eigenvalue weighted by atomic mass is 15.3. The number of hydrogen-bond acceptors (Lipinski definition) is 2. The normalized spacial score (nSPS) is 18.5. The molecule has 2 heterocycles. The van der Waals surface area contributed by atoms with E-state index >= 15 is 0 Å². The van der Waals surface area contributed by atoms with E-state index in [1.807, 2.05) is 17.9 Å². The zero-order chi connectivity index (χ0) is 11.7. The molecule has 0 fully saturated rings. The smallest absolute Gasteiger partial charge is 0.0492 e. The van der Waals surface area contributed by atoms with Gasteiger partial charge in [0, 0.05) is 37.1 Å². The quantitative estimate of drug-likeness (QED) is 0.853. The van der Waals surface area contributed by atoms with Crippen LogP contribution in [0.25, 0.3) is 0 Å². The van der Waals surface area contributed by atoms with Gasteiger partial charge in [-0.15, -0.1) is 0 Å². The van der Waals surface area contributed by atoms with Gasteiger partial charge in [0.1, 0.15) is 0 Å². The zero-order valence-corrected chi connectivity index (χ0v) is 10.1. The van der Waals surface area contributed by atoms with Crippen molar-refractivity contribution in [2.75, 3.05) is 5.32 Å². The molecule has 3 nitrogen and oxygen atoms in total. The van der Waals surface area contributed by atoms with Crippen molar-refractivity contribution in [2.24, 2.45) is 7.05 Å². The lowest BCUT2D eigenvalue weighted by Gasteiger charge is -2.27. The summed E-state index contributed by atoms with van der Waals surface area (Å²) in [5, 5.41) is 7.84. The lowest BCUT2D eigenvalue weighted by atomic mass is 9.95. The minimum Gasteiger partial charge on any atom is -0.382 e. The van der Waals surface area contributed by atoms with Gasteiger partial charge in [0.05, 0.1) is 0 Å². The van der Waals surface area contributed by atoms with Crippen molar-refractivity contribution in [1.82, 2.24) is 9.78 Å². The number of hydrogen-bond donors (Lipinski definition) is 1. The van der Waals surface area contributed by atoms with E-state index in [1.165, 1.54) is 29.8 Å². The van der Waals surface area contributed by atoms with Crippen LogP contribution in [-0.4, -0.2) is 15.8 Å². The van der Waals surface area contributed by atoms with Gasteiger partial charge >= 0.3 is 0 Å². The van der Waals surface area contributed by atoms with Gasteiger partial charge in [0.25, 0.3) is 0 Å². The van der Waals surface area contributed by atoms with Crippen LogP contribution in [0.15, 0.2) is 36.5 Å². The van der Waals surface area contributed by atoms with E-state index in [4.69, 9.17) is 0 Å². The van der Waals surface area contributed by atoms with Crippen molar-refractivity contribution in [3.63, 3.8) is 0 Å². The fourth-order valence-electron chi connectivity index (χ4n) is 2.51. The standard InChI is InChI=1S/C14H17N3/c1-17-13(8-9-15-17)10-12-7-6-11-4-2-3-5-14(11)16-12/h2-5,8-9,12,16H,6-7,10H2,1H3. The van der Waals surface area contributed by atoms with E-state index in [9.17, 15) is 0 Å². The van der Waals surface area contributed by atoms with Crippen LogP contribution in [-0.2, 0) is 19.9 Å². The molecule has 17 heavy (non-hydrogen) atoms. The first-order valence-corrected chi connectivity index (χ1v) is 6.14. The Labute approximate surface area is 101 Å². The van der Waals surface area contributed by atoms with E-state index in [1.54, 1.807) is 0 Å². The maximum absolute atomic E-state index is 4.22. The molecule has 1 N–H and O–H groups in total. The molecule has 0 aliphatic carbocycles. The Bertz CT molecular complexity index is 516. The molecular formula is C14H17N3. The minimum atomic E-state index is 0.528. The molecule has 0 saturated heterocycles. The van der Waals surface area contributed by atoms with Crippen molar-refractivity contribution in [2.45, 2.75) is 25.3 Å². The molecule has 3 rings (SSSR count). The molecular weight excluding hydrogens is 210 g/mol. The molecule has 3 heteroatoms. The van der Waals surface area contributed by atoms with Gasteiger partial charge in [-0.3, -0.25) is 4.68 Å². The first kappa shape index (κ1) is 10.4.